The Hall–Kier alpha value is -2.16. The Balaban J connectivity index is 2.05. The molecule has 0 amide bonds. The van der Waals surface area contributed by atoms with Crippen LogP contribution in [-0.2, 0) is 7.05 Å². The molecule has 4 rings (SSSR count). The van der Waals surface area contributed by atoms with Crippen LogP contribution in [0.15, 0.2) is 54.6 Å². The minimum Gasteiger partial charge on any atom is -0.343 e. The second-order valence-electron chi connectivity index (χ2n) is 5.72. The predicted octanol–water partition coefficient (Wildman–Crippen LogP) is 4.97. The van der Waals surface area contributed by atoms with Crippen molar-refractivity contribution in [1.82, 2.24) is 4.57 Å². The summed E-state index contributed by atoms with van der Waals surface area (Å²) in [6, 6.07) is 17.6. The first-order valence-corrected chi connectivity index (χ1v) is 7.10. The van der Waals surface area contributed by atoms with Gasteiger partial charge in [0.25, 0.3) is 5.92 Å². The molecule has 0 aliphatic heterocycles. The van der Waals surface area contributed by atoms with Crippen molar-refractivity contribution >= 4 is 10.9 Å². The van der Waals surface area contributed by atoms with Gasteiger partial charge in [0.05, 0.1) is 11.6 Å². The predicted molar refractivity (Wildman–Crippen MR) is 80.7 cm³/mol. The molecule has 3 aromatic rings. The summed E-state index contributed by atoms with van der Waals surface area (Å²) in [6.45, 7) is 0. The molecule has 0 spiro atoms. The second-order valence-corrected chi connectivity index (χ2v) is 5.72. The van der Waals surface area contributed by atoms with Crippen LogP contribution in [0.5, 0.6) is 0 Å². The zero-order chi connectivity index (χ0) is 14.6. The van der Waals surface area contributed by atoms with Crippen LogP contribution in [0.25, 0.3) is 22.2 Å². The van der Waals surface area contributed by atoms with Gasteiger partial charge in [0.2, 0.25) is 0 Å². The number of hydrogen-bond donors (Lipinski definition) is 0. The van der Waals surface area contributed by atoms with Gasteiger partial charge in [0.1, 0.15) is 0 Å². The van der Waals surface area contributed by atoms with Crippen molar-refractivity contribution in [3.63, 3.8) is 0 Å². The third-order valence-electron chi connectivity index (χ3n) is 4.37. The fourth-order valence-electron chi connectivity index (χ4n) is 3.25. The molecule has 21 heavy (non-hydrogen) atoms. The molecular formula is C18H15F2N. The Morgan fingerprint density at radius 2 is 1.62 bits per heavy atom. The molecule has 1 atom stereocenters. The first kappa shape index (κ1) is 12.6. The SMILES string of the molecule is Cn1c(-c2ccccc2)c(C2CC2(F)F)c2ccccc21. The van der Waals surface area contributed by atoms with E-state index in [0.717, 1.165) is 27.7 Å². The lowest BCUT2D eigenvalue weighted by Crippen LogP contribution is -1.97. The molecule has 0 N–H and O–H groups in total. The lowest BCUT2D eigenvalue weighted by atomic mass is 10.0. The van der Waals surface area contributed by atoms with Crippen LogP contribution in [0.2, 0.25) is 0 Å². The number of nitrogens with zero attached hydrogens (tertiary/aromatic N) is 1. The van der Waals surface area contributed by atoms with Gasteiger partial charge in [-0.3, -0.25) is 0 Å². The largest absolute Gasteiger partial charge is 0.343 e. The van der Waals surface area contributed by atoms with E-state index in [0.29, 0.717) is 0 Å². The van der Waals surface area contributed by atoms with E-state index in [1.54, 1.807) is 0 Å². The maximum absolute atomic E-state index is 13.7. The number of fused-ring (bicyclic) bond motifs is 1. The summed E-state index contributed by atoms with van der Waals surface area (Å²) in [5, 5.41) is 0.945. The topological polar surface area (TPSA) is 4.93 Å². The Morgan fingerprint density at radius 1 is 1.00 bits per heavy atom. The molecule has 1 aliphatic rings. The highest BCUT2D eigenvalue weighted by atomic mass is 19.3. The van der Waals surface area contributed by atoms with E-state index in [9.17, 15) is 8.78 Å². The van der Waals surface area contributed by atoms with E-state index in [1.807, 2.05) is 66.2 Å². The van der Waals surface area contributed by atoms with Crippen LogP contribution >= 0.6 is 0 Å². The number of rotatable bonds is 2. The molecule has 3 heteroatoms. The number of hydrogen-bond acceptors (Lipinski definition) is 0. The monoisotopic (exact) mass is 283 g/mol. The van der Waals surface area contributed by atoms with Crippen molar-refractivity contribution < 1.29 is 8.78 Å². The fraction of sp³-hybridized carbons (Fsp3) is 0.222. The molecule has 0 radical (unpaired) electrons. The summed E-state index contributed by atoms with van der Waals surface area (Å²) in [7, 11) is 1.95. The second kappa shape index (κ2) is 4.17. The van der Waals surface area contributed by atoms with Crippen molar-refractivity contribution in [2.45, 2.75) is 18.3 Å². The molecule has 106 valence electrons. The molecule has 1 fully saturated rings. The normalized spacial score (nSPS) is 19.9. The number of halogens is 2. The summed E-state index contributed by atoms with van der Waals surface area (Å²) < 4.78 is 29.4. The van der Waals surface area contributed by atoms with Crippen LogP contribution in [0.4, 0.5) is 8.78 Å². The van der Waals surface area contributed by atoms with Gasteiger partial charge in [-0.1, -0.05) is 48.5 Å². The van der Waals surface area contributed by atoms with Crippen molar-refractivity contribution in [1.29, 1.82) is 0 Å². The van der Waals surface area contributed by atoms with Crippen LogP contribution in [0.1, 0.15) is 17.9 Å². The van der Waals surface area contributed by atoms with Gasteiger partial charge in [0, 0.05) is 24.4 Å². The summed E-state index contributed by atoms with van der Waals surface area (Å²) in [6.07, 6.45) is -0.0408. The number of aryl methyl sites for hydroxylation is 1. The Labute approximate surface area is 121 Å². The smallest absolute Gasteiger partial charge is 0.256 e. The van der Waals surface area contributed by atoms with Gasteiger partial charge in [-0.05, 0) is 17.2 Å². The fourth-order valence-corrected chi connectivity index (χ4v) is 3.25. The zero-order valence-electron chi connectivity index (χ0n) is 11.7. The molecule has 1 unspecified atom stereocenters. The van der Waals surface area contributed by atoms with E-state index in [4.69, 9.17) is 0 Å². The molecule has 1 nitrogen and oxygen atoms in total. The molecule has 1 saturated carbocycles. The van der Waals surface area contributed by atoms with E-state index in [2.05, 4.69) is 0 Å². The molecule has 0 bridgehead atoms. The summed E-state index contributed by atoms with van der Waals surface area (Å²) in [5.74, 6) is -3.22. The molecule has 1 aliphatic carbocycles. The molecule has 0 saturated heterocycles. The Bertz CT molecular complexity index is 818. The third kappa shape index (κ3) is 1.80. The Morgan fingerprint density at radius 3 is 2.29 bits per heavy atom. The molecular weight excluding hydrogens is 268 g/mol. The van der Waals surface area contributed by atoms with Gasteiger partial charge in [-0.25, -0.2) is 8.78 Å². The first-order valence-electron chi connectivity index (χ1n) is 7.10. The lowest BCUT2D eigenvalue weighted by Gasteiger charge is -2.08. The minimum atomic E-state index is -2.56. The number of alkyl halides is 2. The van der Waals surface area contributed by atoms with Crippen molar-refractivity contribution in [3.05, 3.63) is 60.2 Å². The van der Waals surface area contributed by atoms with Gasteiger partial charge in [-0.2, -0.15) is 0 Å². The first-order chi connectivity index (χ1) is 10.1. The average Bonchev–Trinajstić information content (AvgIpc) is 3.01. The van der Waals surface area contributed by atoms with Gasteiger partial charge in [0.15, 0.2) is 0 Å². The van der Waals surface area contributed by atoms with Crippen molar-refractivity contribution in [2.24, 2.45) is 7.05 Å². The summed E-state index contributed by atoms with van der Waals surface area (Å²) in [5.41, 5.74) is 3.71. The maximum atomic E-state index is 13.7. The van der Waals surface area contributed by atoms with E-state index in [1.165, 1.54) is 0 Å². The number of benzene rings is 2. The van der Waals surface area contributed by atoms with Crippen molar-refractivity contribution in [2.75, 3.05) is 0 Å². The van der Waals surface area contributed by atoms with E-state index < -0.39 is 11.8 Å². The van der Waals surface area contributed by atoms with E-state index >= 15 is 0 Å². The summed E-state index contributed by atoms with van der Waals surface area (Å²) in [4.78, 5) is 0. The zero-order valence-corrected chi connectivity index (χ0v) is 11.7. The minimum absolute atomic E-state index is 0.0408. The highest BCUT2D eigenvalue weighted by molar-refractivity contribution is 5.93. The Kier molecular flexibility index (Phi) is 2.49. The van der Waals surface area contributed by atoms with Gasteiger partial charge in [-0.15, -0.1) is 0 Å². The van der Waals surface area contributed by atoms with Gasteiger partial charge < -0.3 is 4.57 Å². The quantitative estimate of drug-likeness (QED) is 0.626. The molecule has 2 aromatic carbocycles. The molecule has 1 aromatic heterocycles. The van der Waals surface area contributed by atoms with Crippen LogP contribution in [-0.4, -0.2) is 10.5 Å². The van der Waals surface area contributed by atoms with Crippen LogP contribution in [0.3, 0.4) is 0 Å². The van der Waals surface area contributed by atoms with Crippen molar-refractivity contribution in [3.8, 4) is 11.3 Å². The maximum Gasteiger partial charge on any atom is 0.256 e. The molecule has 1 heterocycles. The van der Waals surface area contributed by atoms with Crippen LogP contribution < -0.4 is 0 Å². The van der Waals surface area contributed by atoms with Gasteiger partial charge >= 0.3 is 0 Å². The summed E-state index contributed by atoms with van der Waals surface area (Å²) >= 11 is 0. The standard InChI is InChI=1S/C18H15F2N/c1-21-15-10-6-5-9-13(15)16(14-11-18(14,19)20)17(21)12-7-3-2-4-8-12/h2-10,14H,11H2,1H3. The number of para-hydroxylation sites is 1. The van der Waals surface area contributed by atoms with Crippen LogP contribution in [0, 0.1) is 0 Å². The highest BCUT2D eigenvalue weighted by Gasteiger charge is 2.59. The average molecular weight is 283 g/mol. The lowest BCUT2D eigenvalue weighted by molar-refractivity contribution is 0.112. The third-order valence-corrected chi connectivity index (χ3v) is 4.37. The van der Waals surface area contributed by atoms with E-state index in [-0.39, 0.29) is 6.42 Å². The number of aromatic nitrogens is 1. The highest BCUT2D eigenvalue weighted by Crippen LogP contribution is 2.59.